The normalized spacial score (nSPS) is 23.0. The zero-order chi connectivity index (χ0) is 23.7. The van der Waals surface area contributed by atoms with Crippen LogP contribution in [-0.4, -0.2) is 43.2 Å². The van der Waals surface area contributed by atoms with Gasteiger partial charge in [-0.3, -0.25) is 9.59 Å². The van der Waals surface area contributed by atoms with Gasteiger partial charge in [0.2, 0.25) is 0 Å². The van der Waals surface area contributed by atoms with Crippen molar-refractivity contribution in [1.82, 2.24) is 5.32 Å². The van der Waals surface area contributed by atoms with Gasteiger partial charge in [0.15, 0.2) is 17.3 Å². The van der Waals surface area contributed by atoms with E-state index >= 15 is 0 Å². The fourth-order valence-electron chi connectivity index (χ4n) is 4.45. The van der Waals surface area contributed by atoms with Crippen LogP contribution in [0.15, 0.2) is 40.7 Å². The van der Waals surface area contributed by atoms with Crippen LogP contribution >= 0.6 is 0 Å². The second-order valence-electron chi connectivity index (χ2n) is 8.42. The fraction of sp³-hybridized carbons (Fsp3) is 0.458. The summed E-state index contributed by atoms with van der Waals surface area (Å²) in [4.78, 5) is 39.1. The summed E-state index contributed by atoms with van der Waals surface area (Å²) in [6.07, 6.45) is 0.0663. The number of aromatic hydroxyl groups is 1. The van der Waals surface area contributed by atoms with Crippen LogP contribution in [0.2, 0.25) is 0 Å². The van der Waals surface area contributed by atoms with Crippen molar-refractivity contribution in [2.24, 2.45) is 11.8 Å². The largest absolute Gasteiger partial charge is 0.504 e. The van der Waals surface area contributed by atoms with Crippen LogP contribution in [0.25, 0.3) is 0 Å². The number of hydrogen-bond acceptors (Lipinski definition) is 8. The highest BCUT2D eigenvalue weighted by Gasteiger charge is 2.47. The number of carbonyl (C=O) groups excluding carboxylic acids is 3. The Bertz CT molecular complexity index is 1020. The van der Waals surface area contributed by atoms with Crippen LogP contribution in [0, 0.1) is 11.8 Å². The van der Waals surface area contributed by atoms with Crippen LogP contribution in [0.1, 0.15) is 45.6 Å². The van der Waals surface area contributed by atoms with Gasteiger partial charge >= 0.3 is 11.9 Å². The number of hydrogen-bond donors (Lipinski definition) is 2. The summed E-state index contributed by atoms with van der Waals surface area (Å²) in [7, 11) is 2.68. The standard InChI is InChI=1S/C24H29NO7/c1-11(2)32-24(29)19-13(4)25-15-9-12(3)18(23(28)31-6)22(27)21(15)20(19)14-7-8-17(30-5)16(26)10-14/h7-8,10-12,18,20,25-26H,9H2,1-6H3/t12-,18+,20+/m0/s1. The van der Waals surface area contributed by atoms with E-state index < -0.39 is 29.6 Å². The lowest BCUT2D eigenvalue weighted by molar-refractivity contribution is -0.151. The number of Topliss-reactive ketones (excluding diaryl/α,β-unsaturated/α-hetero) is 1. The molecule has 1 aliphatic heterocycles. The minimum atomic E-state index is -0.976. The van der Waals surface area contributed by atoms with Gasteiger partial charge in [-0.25, -0.2) is 4.79 Å². The summed E-state index contributed by atoms with van der Waals surface area (Å²) in [6, 6.07) is 4.72. The average Bonchev–Trinajstić information content (AvgIpc) is 2.71. The van der Waals surface area contributed by atoms with E-state index in [9.17, 15) is 19.5 Å². The molecule has 0 amide bonds. The molecule has 0 saturated heterocycles. The van der Waals surface area contributed by atoms with E-state index in [-0.39, 0.29) is 29.1 Å². The summed E-state index contributed by atoms with van der Waals surface area (Å²) in [5, 5.41) is 13.6. The van der Waals surface area contributed by atoms with E-state index in [1.807, 2.05) is 6.92 Å². The first-order chi connectivity index (χ1) is 15.1. The molecular formula is C24H29NO7. The van der Waals surface area contributed by atoms with E-state index in [0.717, 1.165) is 0 Å². The minimum Gasteiger partial charge on any atom is -0.504 e. The molecule has 172 valence electrons. The lowest BCUT2D eigenvalue weighted by Crippen LogP contribution is -2.43. The number of nitrogens with one attached hydrogen (secondary N) is 1. The summed E-state index contributed by atoms with van der Waals surface area (Å²) in [5.41, 5.74) is 2.30. The first kappa shape index (κ1) is 23.4. The third-order valence-electron chi connectivity index (χ3n) is 5.84. The van der Waals surface area contributed by atoms with E-state index in [1.54, 1.807) is 32.9 Å². The first-order valence-electron chi connectivity index (χ1n) is 10.5. The molecule has 0 fully saturated rings. The maximum Gasteiger partial charge on any atom is 0.337 e. The number of benzene rings is 1. The van der Waals surface area contributed by atoms with Crippen molar-refractivity contribution in [3.63, 3.8) is 0 Å². The Hall–Kier alpha value is -3.29. The highest BCUT2D eigenvalue weighted by Crippen LogP contribution is 2.46. The molecule has 0 aromatic heterocycles. The average molecular weight is 443 g/mol. The Balaban J connectivity index is 2.21. The van der Waals surface area contributed by atoms with E-state index in [1.165, 1.54) is 20.3 Å². The monoisotopic (exact) mass is 443 g/mol. The smallest absolute Gasteiger partial charge is 0.337 e. The van der Waals surface area contributed by atoms with Crippen LogP contribution in [0.5, 0.6) is 11.5 Å². The molecular weight excluding hydrogens is 414 g/mol. The highest BCUT2D eigenvalue weighted by atomic mass is 16.5. The molecule has 0 radical (unpaired) electrons. The maximum atomic E-state index is 13.6. The van der Waals surface area contributed by atoms with Gasteiger partial charge in [0, 0.05) is 22.9 Å². The molecule has 0 saturated carbocycles. The second kappa shape index (κ2) is 9.06. The number of rotatable bonds is 5. The zero-order valence-corrected chi connectivity index (χ0v) is 19.1. The van der Waals surface area contributed by atoms with Crippen LogP contribution in [-0.2, 0) is 23.9 Å². The molecule has 2 aliphatic rings. The molecule has 8 nitrogen and oxygen atoms in total. The van der Waals surface area contributed by atoms with Crippen LogP contribution in [0.3, 0.4) is 0 Å². The molecule has 8 heteroatoms. The third kappa shape index (κ3) is 4.09. The number of ketones is 1. The van der Waals surface area contributed by atoms with Gasteiger partial charge in [-0.1, -0.05) is 13.0 Å². The molecule has 3 rings (SSSR count). The van der Waals surface area contributed by atoms with Gasteiger partial charge in [0.1, 0.15) is 5.92 Å². The molecule has 1 heterocycles. The summed E-state index contributed by atoms with van der Waals surface area (Å²) < 4.78 is 15.5. The molecule has 0 bridgehead atoms. The highest BCUT2D eigenvalue weighted by molar-refractivity contribution is 6.12. The Morgan fingerprint density at radius 1 is 1.22 bits per heavy atom. The van der Waals surface area contributed by atoms with E-state index in [4.69, 9.17) is 14.2 Å². The Morgan fingerprint density at radius 2 is 1.91 bits per heavy atom. The number of dihydropyridines is 1. The fourth-order valence-corrected chi connectivity index (χ4v) is 4.45. The topological polar surface area (TPSA) is 111 Å². The number of phenolic OH excluding ortho intramolecular Hbond substituents is 1. The van der Waals surface area contributed by atoms with Gasteiger partial charge in [-0.15, -0.1) is 0 Å². The number of carbonyl (C=O) groups is 3. The summed E-state index contributed by atoms with van der Waals surface area (Å²) in [5.74, 6) is -3.51. The second-order valence-corrected chi connectivity index (χ2v) is 8.42. The van der Waals surface area contributed by atoms with Crippen molar-refractivity contribution >= 4 is 17.7 Å². The summed E-state index contributed by atoms with van der Waals surface area (Å²) >= 11 is 0. The van der Waals surface area contributed by atoms with Crippen molar-refractivity contribution < 1.29 is 33.7 Å². The molecule has 1 aliphatic carbocycles. The molecule has 2 N–H and O–H groups in total. The van der Waals surface area contributed by atoms with Crippen molar-refractivity contribution in [3.8, 4) is 11.5 Å². The number of allylic oxidation sites excluding steroid dienone is 3. The van der Waals surface area contributed by atoms with Gasteiger partial charge < -0.3 is 24.6 Å². The lowest BCUT2D eigenvalue weighted by atomic mass is 9.69. The Morgan fingerprint density at radius 3 is 2.47 bits per heavy atom. The Kier molecular flexibility index (Phi) is 6.62. The van der Waals surface area contributed by atoms with Crippen molar-refractivity contribution in [2.45, 2.75) is 46.1 Å². The van der Waals surface area contributed by atoms with Crippen LogP contribution < -0.4 is 10.1 Å². The minimum absolute atomic E-state index is 0.124. The van der Waals surface area contributed by atoms with Crippen molar-refractivity contribution in [2.75, 3.05) is 14.2 Å². The number of methoxy groups -OCH3 is 2. The maximum absolute atomic E-state index is 13.6. The van der Waals surface area contributed by atoms with Gasteiger partial charge in [0.05, 0.1) is 25.9 Å². The molecule has 32 heavy (non-hydrogen) atoms. The van der Waals surface area contributed by atoms with E-state index in [0.29, 0.717) is 29.0 Å². The zero-order valence-electron chi connectivity index (χ0n) is 19.1. The number of ether oxygens (including phenoxy) is 3. The quantitative estimate of drug-likeness (QED) is 0.528. The molecule has 0 unspecified atom stereocenters. The summed E-state index contributed by atoms with van der Waals surface area (Å²) in [6.45, 7) is 7.05. The van der Waals surface area contributed by atoms with Crippen molar-refractivity contribution in [3.05, 3.63) is 46.3 Å². The van der Waals surface area contributed by atoms with Gasteiger partial charge in [-0.2, -0.15) is 0 Å². The third-order valence-corrected chi connectivity index (χ3v) is 5.84. The first-order valence-corrected chi connectivity index (χ1v) is 10.5. The van der Waals surface area contributed by atoms with Crippen LogP contribution in [0.4, 0.5) is 0 Å². The molecule has 1 aromatic rings. The SMILES string of the molecule is COC(=O)[C@H]1C(=O)C2=C(C[C@@H]1C)NC(C)=C(C(=O)OC(C)C)[C@H]2c1ccc(OC)c(O)c1. The van der Waals surface area contributed by atoms with Crippen molar-refractivity contribution in [1.29, 1.82) is 0 Å². The van der Waals surface area contributed by atoms with Gasteiger partial charge in [0.25, 0.3) is 0 Å². The molecule has 0 spiro atoms. The predicted molar refractivity (Wildman–Crippen MR) is 116 cm³/mol. The van der Waals surface area contributed by atoms with Gasteiger partial charge in [-0.05, 0) is 50.8 Å². The Labute approximate surface area is 187 Å². The number of esters is 2. The molecule has 1 aromatic carbocycles. The number of phenols is 1. The predicted octanol–water partition coefficient (Wildman–Crippen LogP) is 2.97. The molecule has 3 atom stereocenters. The van der Waals surface area contributed by atoms with E-state index in [2.05, 4.69) is 5.32 Å². The lowest BCUT2D eigenvalue weighted by Gasteiger charge is -2.38.